The molecule has 160 valence electrons. The Morgan fingerprint density at radius 3 is 2.47 bits per heavy atom. The molecule has 1 aliphatic heterocycles. The number of halogens is 3. The van der Waals surface area contributed by atoms with Crippen molar-refractivity contribution in [2.75, 3.05) is 24.2 Å². The number of carbonyl (C=O) groups is 1. The lowest BCUT2D eigenvalue weighted by atomic mass is 10.1. The molecule has 1 amide bonds. The molecule has 4 rings (SSSR count). The van der Waals surface area contributed by atoms with Gasteiger partial charge in [-0.1, -0.05) is 29.3 Å². The van der Waals surface area contributed by atoms with Gasteiger partial charge in [0.2, 0.25) is 10.0 Å². The van der Waals surface area contributed by atoms with Crippen LogP contribution in [-0.4, -0.2) is 39.8 Å². The van der Waals surface area contributed by atoms with Gasteiger partial charge in [-0.25, -0.2) is 17.5 Å². The number of carbonyl (C=O) groups excluding carboxylic acids is 1. The van der Waals surface area contributed by atoms with Gasteiger partial charge in [0.15, 0.2) is 0 Å². The third kappa shape index (κ3) is 4.66. The van der Waals surface area contributed by atoms with Crippen molar-refractivity contribution in [3.63, 3.8) is 0 Å². The van der Waals surface area contributed by atoms with E-state index in [0.29, 0.717) is 19.0 Å². The molecular formula is C20H19Cl2FN2O4S. The van der Waals surface area contributed by atoms with E-state index in [-0.39, 0.29) is 16.9 Å². The van der Waals surface area contributed by atoms with Crippen molar-refractivity contribution in [1.82, 2.24) is 4.72 Å². The lowest BCUT2D eigenvalue weighted by Gasteiger charge is -2.41. The first-order chi connectivity index (χ1) is 14.1. The first-order valence-electron chi connectivity index (χ1n) is 9.33. The van der Waals surface area contributed by atoms with E-state index in [1.54, 1.807) is 4.72 Å². The summed E-state index contributed by atoms with van der Waals surface area (Å²) in [4.78, 5) is 14.0. The van der Waals surface area contributed by atoms with Gasteiger partial charge in [0.25, 0.3) is 5.91 Å². The fourth-order valence-electron chi connectivity index (χ4n) is 3.36. The summed E-state index contributed by atoms with van der Waals surface area (Å²) in [5, 5.41) is 0.790. The van der Waals surface area contributed by atoms with Gasteiger partial charge in [-0.05, 0) is 42.5 Å². The molecule has 0 unspecified atom stereocenters. The number of ether oxygens (including phenoxy) is 1. The molecule has 2 aromatic carbocycles. The standard InChI is InChI=1S/C20H19Cl2FN2O4S/c1-30(27,28)24-20(26)15-7-17(22)19(8-18(15)23)29-13-9-25(10-13)12-4-5-14(11-2-3-11)16(21)6-12/h4-8,11,13H,2-3,9-10H2,1H3,(H,24,26). The molecule has 1 aliphatic carbocycles. The molecule has 0 spiro atoms. The third-order valence-corrected chi connectivity index (χ3v) is 6.23. The van der Waals surface area contributed by atoms with Crippen LogP contribution in [0.3, 0.4) is 0 Å². The molecule has 0 aromatic heterocycles. The second-order valence-corrected chi connectivity index (χ2v) is 10.2. The minimum absolute atomic E-state index is 0.0188. The topological polar surface area (TPSA) is 75.7 Å². The summed E-state index contributed by atoms with van der Waals surface area (Å²) in [6.07, 6.45) is 2.96. The van der Waals surface area contributed by atoms with E-state index >= 15 is 0 Å². The monoisotopic (exact) mass is 472 g/mol. The summed E-state index contributed by atoms with van der Waals surface area (Å²) < 4.78 is 44.1. The number of amides is 1. The number of rotatable bonds is 6. The average molecular weight is 473 g/mol. The molecule has 0 atom stereocenters. The van der Waals surface area contributed by atoms with Crippen molar-refractivity contribution in [2.45, 2.75) is 24.9 Å². The summed E-state index contributed by atoms with van der Waals surface area (Å²) in [6, 6.07) is 8.10. The number of benzene rings is 2. The van der Waals surface area contributed by atoms with Crippen LogP contribution in [0.1, 0.15) is 34.7 Å². The zero-order chi connectivity index (χ0) is 21.6. The van der Waals surface area contributed by atoms with E-state index in [1.165, 1.54) is 18.4 Å². The minimum Gasteiger partial charge on any atom is -0.485 e. The van der Waals surface area contributed by atoms with Crippen molar-refractivity contribution in [1.29, 1.82) is 0 Å². The van der Waals surface area contributed by atoms with E-state index in [2.05, 4.69) is 11.0 Å². The van der Waals surface area contributed by atoms with Crippen LogP contribution in [0.5, 0.6) is 5.75 Å². The summed E-state index contributed by atoms with van der Waals surface area (Å²) in [5.41, 5.74) is 1.71. The summed E-state index contributed by atoms with van der Waals surface area (Å²) in [5.74, 6) is -1.34. The molecule has 6 nitrogen and oxygen atoms in total. The van der Waals surface area contributed by atoms with Crippen LogP contribution in [0.25, 0.3) is 0 Å². The Kier molecular flexibility index (Phi) is 5.59. The van der Waals surface area contributed by atoms with E-state index < -0.39 is 27.3 Å². The molecule has 30 heavy (non-hydrogen) atoms. The quantitative estimate of drug-likeness (QED) is 0.688. The van der Waals surface area contributed by atoms with Crippen molar-refractivity contribution in [3.8, 4) is 5.75 Å². The van der Waals surface area contributed by atoms with Crippen LogP contribution in [0.4, 0.5) is 10.1 Å². The number of hydrogen-bond donors (Lipinski definition) is 1. The summed E-state index contributed by atoms with van der Waals surface area (Å²) >= 11 is 12.5. The number of sulfonamides is 1. The molecule has 2 fully saturated rings. The van der Waals surface area contributed by atoms with Crippen molar-refractivity contribution in [2.24, 2.45) is 0 Å². The fraction of sp³-hybridized carbons (Fsp3) is 0.350. The molecular weight excluding hydrogens is 454 g/mol. The Bertz CT molecular complexity index is 1120. The molecule has 1 saturated carbocycles. The molecule has 0 radical (unpaired) electrons. The van der Waals surface area contributed by atoms with Gasteiger partial charge in [-0.15, -0.1) is 0 Å². The Morgan fingerprint density at radius 2 is 1.87 bits per heavy atom. The number of hydrogen-bond acceptors (Lipinski definition) is 5. The highest BCUT2D eigenvalue weighted by Gasteiger charge is 2.31. The Balaban J connectivity index is 1.39. The van der Waals surface area contributed by atoms with Crippen LogP contribution in [0.15, 0.2) is 30.3 Å². The normalized spacial score (nSPS) is 16.9. The van der Waals surface area contributed by atoms with Gasteiger partial charge >= 0.3 is 0 Å². The number of nitrogens with one attached hydrogen (secondary N) is 1. The maximum Gasteiger partial charge on any atom is 0.267 e. The maximum absolute atomic E-state index is 14.3. The largest absolute Gasteiger partial charge is 0.485 e. The Hall–Kier alpha value is -2.03. The molecule has 10 heteroatoms. The van der Waals surface area contributed by atoms with E-state index in [0.717, 1.165) is 29.1 Å². The molecule has 2 aromatic rings. The van der Waals surface area contributed by atoms with Gasteiger partial charge in [-0.3, -0.25) is 4.79 Å². The smallest absolute Gasteiger partial charge is 0.267 e. The van der Waals surface area contributed by atoms with E-state index in [1.807, 2.05) is 12.1 Å². The number of nitrogens with zero attached hydrogens (tertiary/aromatic N) is 1. The van der Waals surface area contributed by atoms with E-state index in [4.69, 9.17) is 27.9 Å². The van der Waals surface area contributed by atoms with Gasteiger partial charge in [0, 0.05) is 16.8 Å². The van der Waals surface area contributed by atoms with Crippen molar-refractivity contribution < 1.29 is 22.3 Å². The van der Waals surface area contributed by atoms with Gasteiger partial charge in [0.05, 0.1) is 29.9 Å². The number of anilines is 1. The second kappa shape index (κ2) is 7.90. The predicted molar refractivity (Wildman–Crippen MR) is 114 cm³/mol. The summed E-state index contributed by atoms with van der Waals surface area (Å²) in [6.45, 7) is 1.15. The minimum atomic E-state index is -3.82. The highest BCUT2D eigenvalue weighted by molar-refractivity contribution is 7.89. The first-order valence-corrected chi connectivity index (χ1v) is 12.0. The SMILES string of the molecule is CS(=O)(=O)NC(=O)c1cc(Cl)c(OC2CN(c3ccc(C4CC4)c(Cl)c3)C2)cc1F. The van der Waals surface area contributed by atoms with E-state index in [9.17, 15) is 17.6 Å². The third-order valence-electron chi connectivity index (χ3n) is 5.05. The molecule has 1 saturated heterocycles. The second-order valence-electron chi connectivity index (χ2n) is 7.59. The first kappa shape index (κ1) is 21.2. The average Bonchev–Trinajstić information content (AvgIpc) is 3.43. The van der Waals surface area contributed by atoms with Crippen LogP contribution in [-0.2, 0) is 10.0 Å². The zero-order valence-corrected chi connectivity index (χ0v) is 18.3. The van der Waals surface area contributed by atoms with Crippen LogP contribution < -0.4 is 14.4 Å². The summed E-state index contributed by atoms with van der Waals surface area (Å²) in [7, 11) is -3.82. The van der Waals surface area contributed by atoms with Crippen molar-refractivity contribution >= 4 is 44.8 Å². The highest BCUT2D eigenvalue weighted by Crippen LogP contribution is 2.44. The van der Waals surface area contributed by atoms with Gasteiger partial charge < -0.3 is 9.64 Å². The Labute approximate surface area is 184 Å². The van der Waals surface area contributed by atoms with Gasteiger partial charge in [0.1, 0.15) is 17.7 Å². The Morgan fingerprint density at radius 1 is 1.17 bits per heavy atom. The van der Waals surface area contributed by atoms with Crippen LogP contribution >= 0.6 is 23.2 Å². The maximum atomic E-state index is 14.3. The zero-order valence-electron chi connectivity index (χ0n) is 16.0. The molecule has 1 N–H and O–H groups in total. The predicted octanol–water partition coefficient (Wildman–Crippen LogP) is 3.97. The highest BCUT2D eigenvalue weighted by atomic mass is 35.5. The van der Waals surface area contributed by atoms with Gasteiger partial charge in [-0.2, -0.15) is 0 Å². The molecule has 2 aliphatic rings. The molecule has 0 bridgehead atoms. The fourth-order valence-corrected chi connectivity index (χ4v) is 4.34. The molecule has 1 heterocycles. The lowest BCUT2D eigenvalue weighted by Crippen LogP contribution is -2.54. The van der Waals surface area contributed by atoms with Crippen LogP contribution in [0.2, 0.25) is 10.0 Å². The van der Waals surface area contributed by atoms with Crippen molar-refractivity contribution in [3.05, 3.63) is 57.3 Å². The van der Waals surface area contributed by atoms with Crippen LogP contribution in [0, 0.1) is 5.82 Å². The lowest BCUT2D eigenvalue weighted by molar-refractivity contribution is 0.0977.